The fourth-order valence-electron chi connectivity index (χ4n) is 2.26. The Kier molecular flexibility index (Phi) is 11.2. The SMILES string of the molecule is CCN(C)CC[CH2][In]([CH2]CCN(C)C)[CH](C)C. The molecule has 0 saturated heterocycles. The summed E-state index contributed by atoms with van der Waals surface area (Å²) >= 11 is -1.21. The van der Waals surface area contributed by atoms with Gasteiger partial charge in [-0.25, -0.2) is 0 Å². The summed E-state index contributed by atoms with van der Waals surface area (Å²) in [5.74, 6) is 0. The van der Waals surface area contributed by atoms with Gasteiger partial charge < -0.3 is 0 Å². The van der Waals surface area contributed by atoms with E-state index in [1.54, 1.807) is 8.35 Å². The van der Waals surface area contributed by atoms with E-state index >= 15 is 0 Å². The molecular formula is C14H33InN2. The Morgan fingerprint density at radius 1 is 0.941 bits per heavy atom. The summed E-state index contributed by atoms with van der Waals surface area (Å²) in [7, 11) is 6.62. The number of nitrogens with zero attached hydrogens (tertiary/aromatic N) is 2. The summed E-state index contributed by atoms with van der Waals surface area (Å²) in [6.07, 6.45) is 2.89. The Bertz CT molecular complexity index is 172. The standard InChI is InChI=1S/C6H14N.C5H12N.C3H7.In/c1-4-6-7(3)5-2;1-4-5-6(2)3;1-3-2;/h1,4-6H2,2-3H3;1,4-5H2,2-3H3;3H,1-2H3;. The molecule has 0 aromatic rings. The topological polar surface area (TPSA) is 6.48 Å². The predicted molar refractivity (Wildman–Crippen MR) is 81.4 cm³/mol. The maximum atomic E-state index is 2.47. The molecule has 0 atom stereocenters. The second-order valence-electron chi connectivity index (χ2n) is 5.99. The molecule has 0 unspecified atom stereocenters. The van der Waals surface area contributed by atoms with Crippen molar-refractivity contribution in [3.8, 4) is 0 Å². The zero-order chi connectivity index (χ0) is 13.3. The maximum absolute atomic E-state index is 2.47. The summed E-state index contributed by atoms with van der Waals surface area (Å²) in [4.78, 5) is 4.77. The Morgan fingerprint density at radius 2 is 1.47 bits per heavy atom. The summed E-state index contributed by atoms with van der Waals surface area (Å²) in [6, 6.07) is 0. The second-order valence-corrected chi connectivity index (χ2v) is 17.4. The molecule has 0 aliphatic carbocycles. The van der Waals surface area contributed by atoms with E-state index in [2.05, 4.69) is 51.7 Å². The Morgan fingerprint density at radius 3 is 1.88 bits per heavy atom. The normalized spacial score (nSPS) is 11.8. The van der Waals surface area contributed by atoms with Crippen LogP contribution in [0.3, 0.4) is 0 Å². The van der Waals surface area contributed by atoms with Crippen LogP contribution in [0.25, 0.3) is 0 Å². The van der Waals surface area contributed by atoms with Crippen molar-refractivity contribution in [3.05, 3.63) is 0 Å². The molecule has 102 valence electrons. The molecule has 0 aliphatic rings. The van der Waals surface area contributed by atoms with Crippen LogP contribution in [-0.2, 0) is 0 Å². The molecule has 0 N–H and O–H groups in total. The van der Waals surface area contributed by atoms with Crippen LogP contribution in [0.15, 0.2) is 0 Å². The quantitative estimate of drug-likeness (QED) is 0.601. The number of hydrogen-bond donors (Lipinski definition) is 0. The van der Waals surface area contributed by atoms with Gasteiger partial charge in [0.15, 0.2) is 0 Å². The van der Waals surface area contributed by atoms with E-state index in [-0.39, 0.29) is 0 Å². The first-order chi connectivity index (χ1) is 7.97. The van der Waals surface area contributed by atoms with Gasteiger partial charge in [0.2, 0.25) is 0 Å². The van der Waals surface area contributed by atoms with Gasteiger partial charge in [0.25, 0.3) is 0 Å². The Hall–Kier alpha value is 0.790. The van der Waals surface area contributed by atoms with Crippen molar-refractivity contribution < 1.29 is 0 Å². The van der Waals surface area contributed by atoms with Gasteiger partial charge in [0.1, 0.15) is 0 Å². The third kappa shape index (κ3) is 10.4. The van der Waals surface area contributed by atoms with Crippen molar-refractivity contribution in [2.24, 2.45) is 0 Å². The van der Waals surface area contributed by atoms with Gasteiger partial charge in [0, 0.05) is 0 Å². The molecular weight excluding hydrogens is 311 g/mol. The van der Waals surface area contributed by atoms with Gasteiger partial charge >= 0.3 is 118 Å². The van der Waals surface area contributed by atoms with Gasteiger partial charge in [-0.05, 0) is 0 Å². The van der Waals surface area contributed by atoms with Crippen LogP contribution >= 0.6 is 0 Å². The monoisotopic (exact) mass is 344 g/mol. The molecule has 0 heterocycles. The molecule has 0 fully saturated rings. The fraction of sp³-hybridized carbons (Fsp3) is 1.00. The summed E-state index contributed by atoms with van der Waals surface area (Å²) in [5, 5.41) is 0. The predicted octanol–water partition coefficient (Wildman–Crippen LogP) is 3.18. The van der Waals surface area contributed by atoms with E-state index in [4.69, 9.17) is 0 Å². The van der Waals surface area contributed by atoms with Crippen LogP contribution in [-0.4, -0.2) is 72.0 Å². The number of hydrogen-bond acceptors (Lipinski definition) is 2. The molecule has 0 rings (SSSR count). The van der Waals surface area contributed by atoms with E-state index in [0.29, 0.717) is 0 Å². The Balaban J connectivity index is 3.75. The van der Waals surface area contributed by atoms with Crippen LogP contribution in [0.5, 0.6) is 0 Å². The van der Waals surface area contributed by atoms with Crippen LogP contribution in [0.2, 0.25) is 12.0 Å². The van der Waals surface area contributed by atoms with Gasteiger partial charge in [0.05, 0.1) is 0 Å². The van der Waals surface area contributed by atoms with Gasteiger partial charge in [-0.3, -0.25) is 0 Å². The van der Waals surface area contributed by atoms with Crippen LogP contribution < -0.4 is 0 Å². The molecule has 0 amide bonds. The minimum absolute atomic E-state index is 1.05. The summed E-state index contributed by atoms with van der Waals surface area (Å²) in [5.41, 5.74) is 0. The third-order valence-corrected chi connectivity index (χ3v) is 15.7. The van der Waals surface area contributed by atoms with Crippen molar-refractivity contribution in [2.75, 3.05) is 40.8 Å². The van der Waals surface area contributed by atoms with E-state index < -0.39 is 21.4 Å². The minimum atomic E-state index is -1.21. The fourth-order valence-corrected chi connectivity index (χ4v) is 10.9. The molecule has 0 aromatic heterocycles. The first kappa shape index (κ1) is 17.8. The Labute approximate surface area is 117 Å². The zero-order valence-electron chi connectivity index (χ0n) is 13.0. The van der Waals surface area contributed by atoms with E-state index in [1.807, 2.05) is 0 Å². The van der Waals surface area contributed by atoms with Crippen molar-refractivity contribution in [2.45, 2.75) is 45.6 Å². The van der Waals surface area contributed by atoms with Crippen LogP contribution in [0.4, 0.5) is 0 Å². The van der Waals surface area contributed by atoms with Gasteiger partial charge in [-0.15, -0.1) is 0 Å². The first-order valence-corrected chi connectivity index (χ1v) is 13.9. The molecule has 2 nitrogen and oxygen atoms in total. The molecule has 0 spiro atoms. The second kappa shape index (κ2) is 10.7. The first-order valence-electron chi connectivity index (χ1n) is 7.30. The van der Waals surface area contributed by atoms with Crippen molar-refractivity contribution in [1.29, 1.82) is 0 Å². The zero-order valence-corrected chi connectivity index (χ0v) is 16.3. The van der Waals surface area contributed by atoms with Crippen LogP contribution in [0, 0.1) is 0 Å². The third-order valence-electron chi connectivity index (χ3n) is 3.78. The van der Waals surface area contributed by atoms with Gasteiger partial charge in [-0.1, -0.05) is 0 Å². The molecule has 17 heavy (non-hydrogen) atoms. The molecule has 0 aliphatic heterocycles. The molecule has 0 saturated carbocycles. The average Bonchev–Trinajstić information content (AvgIpc) is 2.25. The molecule has 0 aromatic carbocycles. The summed E-state index contributed by atoms with van der Waals surface area (Å²) < 4.78 is 4.26. The van der Waals surface area contributed by atoms with E-state index in [9.17, 15) is 0 Å². The molecule has 0 bridgehead atoms. The molecule has 0 radical (unpaired) electrons. The van der Waals surface area contributed by atoms with Crippen molar-refractivity contribution >= 4 is 21.4 Å². The van der Waals surface area contributed by atoms with E-state index in [0.717, 1.165) is 3.67 Å². The van der Waals surface area contributed by atoms with Crippen molar-refractivity contribution in [3.63, 3.8) is 0 Å². The van der Waals surface area contributed by atoms with Crippen LogP contribution in [0.1, 0.15) is 33.6 Å². The van der Waals surface area contributed by atoms with Crippen molar-refractivity contribution in [1.82, 2.24) is 9.80 Å². The average molecular weight is 344 g/mol. The van der Waals surface area contributed by atoms with Gasteiger partial charge in [-0.2, -0.15) is 0 Å². The molecule has 3 heteroatoms. The summed E-state index contributed by atoms with van der Waals surface area (Å²) in [6.45, 7) is 11.0. The number of rotatable bonds is 10. The van der Waals surface area contributed by atoms with E-state index in [1.165, 1.54) is 32.5 Å².